The van der Waals surface area contributed by atoms with Crippen molar-refractivity contribution < 1.29 is 9.13 Å². The molecular formula is C21H26FIN6O. The van der Waals surface area contributed by atoms with Gasteiger partial charge in [-0.25, -0.2) is 14.4 Å². The fraction of sp³-hybridized carbons (Fsp3) is 0.333. The van der Waals surface area contributed by atoms with Crippen LogP contribution in [0.15, 0.2) is 47.5 Å². The number of ether oxygens (including phenoxy) is 1. The van der Waals surface area contributed by atoms with Gasteiger partial charge >= 0.3 is 0 Å². The van der Waals surface area contributed by atoms with Crippen LogP contribution >= 0.6 is 24.0 Å². The molecule has 2 aromatic carbocycles. The molecule has 0 unspecified atom stereocenters. The number of methoxy groups -OCH3 is 1. The number of nitrogens with zero attached hydrogens (tertiary/aromatic N) is 5. The summed E-state index contributed by atoms with van der Waals surface area (Å²) in [6, 6.07) is 12.4. The van der Waals surface area contributed by atoms with Crippen molar-refractivity contribution in [3.63, 3.8) is 0 Å². The van der Waals surface area contributed by atoms with Crippen molar-refractivity contribution >= 4 is 46.7 Å². The van der Waals surface area contributed by atoms with E-state index in [2.05, 4.69) is 19.8 Å². The van der Waals surface area contributed by atoms with Gasteiger partial charge in [-0.05, 0) is 36.4 Å². The Morgan fingerprint density at radius 2 is 1.83 bits per heavy atom. The van der Waals surface area contributed by atoms with Gasteiger partial charge in [0.2, 0.25) is 0 Å². The Hall–Kier alpha value is -2.56. The van der Waals surface area contributed by atoms with Gasteiger partial charge in [-0.2, -0.15) is 0 Å². The molecule has 1 aliphatic heterocycles. The van der Waals surface area contributed by atoms with E-state index < -0.39 is 0 Å². The Labute approximate surface area is 192 Å². The molecule has 0 atom stereocenters. The Kier molecular flexibility index (Phi) is 7.01. The number of aliphatic imine (C=N–C) groups is 1. The van der Waals surface area contributed by atoms with Gasteiger partial charge in [0.25, 0.3) is 0 Å². The summed E-state index contributed by atoms with van der Waals surface area (Å²) in [5.74, 6) is 1.93. The number of imidazole rings is 1. The first-order valence-corrected chi connectivity index (χ1v) is 9.60. The maximum absolute atomic E-state index is 13.1. The van der Waals surface area contributed by atoms with Crippen LogP contribution in [0.2, 0.25) is 0 Å². The minimum absolute atomic E-state index is 0. The molecule has 0 bridgehead atoms. The van der Waals surface area contributed by atoms with E-state index in [-0.39, 0.29) is 29.8 Å². The maximum Gasteiger partial charge on any atom is 0.191 e. The number of rotatable bonds is 4. The van der Waals surface area contributed by atoms with E-state index in [1.165, 1.54) is 12.1 Å². The third-order valence-electron chi connectivity index (χ3n) is 5.36. The van der Waals surface area contributed by atoms with Gasteiger partial charge in [-0.3, -0.25) is 0 Å². The summed E-state index contributed by atoms with van der Waals surface area (Å²) >= 11 is 0. The second kappa shape index (κ2) is 9.50. The van der Waals surface area contributed by atoms with Gasteiger partial charge in [0, 0.05) is 45.0 Å². The summed E-state index contributed by atoms with van der Waals surface area (Å²) in [5.41, 5.74) is 9.17. The normalized spacial score (nSPS) is 14.7. The van der Waals surface area contributed by atoms with E-state index in [1.807, 2.05) is 41.9 Å². The summed E-state index contributed by atoms with van der Waals surface area (Å²) in [6.45, 7) is 3.58. The van der Waals surface area contributed by atoms with Crippen LogP contribution in [0.5, 0.6) is 5.75 Å². The molecule has 30 heavy (non-hydrogen) atoms. The molecule has 0 radical (unpaired) electrons. The average molecular weight is 524 g/mol. The molecule has 0 spiro atoms. The van der Waals surface area contributed by atoms with Crippen molar-refractivity contribution in [3.05, 3.63) is 54.1 Å². The lowest BCUT2D eigenvalue weighted by Crippen LogP contribution is -2.51. The van der Waals surface area contributed by atoms with E-state index in [9.17, 15) is 4.39 Å². The van der Waals surface area contributed by atoms with Crippen LogP contribution in [0.25, 0.3) is 11.0 Å². The number of hydrogen-bond donors (Lipinski definition) is 1. The second-order valence-electron chi connectivity index (χ2n) is 7.07. The van der Waals surface area contributed by atoms with E-state index in [0.717, 1.165) is 54.5 Å². The molecule has 0 saturated carbocycles. The van der Waals surface area contributed by atoms with Gasteiger partial charge in [0.05, 0.1) is 18.1 Å². The molecular weight excluding hydrogens is 498 g/mol. The zero-order chi connectivity index (χ0) is 20.4. The number of fused-ring (bicyclic) bond motifs is 1. The second-order valence-corrected chi connectivity index (χ2v) is 7.07. The predicted molar refractivity (Wildman–Crippen MR) is 128 cm³/mol. The number of hydrogen-bond acceptors (Lipinski definition) is 4. The third kappa shape index (κ3) is 4.61. The van der Waals surface area contributed by atoms with Gasteiger partial charge in [-0.15, -0.1) is 24.0 Å². The first-order valence-electron chi connectivity index (χ1n) is 9.60. The highest BCUT2D eigenvalue weighted by Crippen LogP contribution is 2.21. The molecule has 3 aromatic rings. The van der Waals surface area contributed by atoms with E-state index >= 15 is 0 Å². The lowest BCUT2D eigenvalue weighted by molar-refractivity contribution is 0.380. The smallest absolute Gasteiger partial charge is 0.191 e. The highest BCUT2D eigenvalue weighted by Gasteiger charge is 2.19. The molecule has 9 heteroatoms. The molecule has 1 aliphatic rings. The molecule has 0 aliphatic carbocycles. The minimum Gasteiger partial charge on any atom is -0.497 e. The van der Waals surface area contributed by atoms with Crippen LogP contribution in [0.1, 0.15) is 5.82 Å². The number of piperazine rings is 1. The Morgan fingerprint density at radius 1 is 1.13 bits per heavy atom. The summed E-state index contributed by atoms with van der Waals surface area (Å²) in [4.78, 5) is 13.5. The number of aromatic nitrogens is 2. The lowest BCUT2D eigenvalue weighted by atomic mass is 10.2. The standard InChI is InChI=1S/C21H25FN6O.HI/c1-26-19-8-7-17(29-2)13-18(19)25-20(26)14-24-21(23)28-11-9-27(10-12-28)16-5-3-15(22)4-6-16;/h3-8,13H,9-12,14H2,1-2H3,(H2,23,24);1H. The first-order chi connectivity index (χ1) is 14.0. The Morgan fingerprint density at radius 3 is 2.50 bits per heavy atom. The van der Waals surface area contributed by atoms with Crippen molar-refractivity contribution in [1.82, 2.24) is 14.5 Å². The monoisotopic (exact) mass is 524 g/mol. The van der Waals surface area contributed by atoms with Crippen molar-refractivity contribution in [2.45, 2.75) is 6.54 Å². The molecule has 1 fully saturated rings. The molecule has 160 valence electrons. The van der Waals surface area contributed by atoms with E-state index in [4.69, 9.17) is 10.5 Å². The van der Waals surface area contributed by atoms with Crippen LogP contribution in [0.3, 0.4) is 0 Å². The molecule has 7 nitrogen and oxygen atoms in total. The Balaban J connectivity index is 0.00000256. The van der Waals surface area contributed by atoms with Crippen LogP contribution in [-0.2, 0) is 13.6 Å². The van der Waals surface area contributed by atoms with E-state index in [0.29, 0.717) is 12.5 Å². The fourth-order valence-electron chi connectivity index (χ4n) is 3.60. The zero-order valence-corrected chi connectivity index (χ0v) is 19.4. The molecule has 2 heterocycles. The SMILES string of the molecule is COc1ccc2c(c1)nc(CN=C(N)N1CCN(c3ccc(F)cc3)CC1)n2C.I. The zero-order valence-electron chi connectivity index (χ0n) is 17.1. The van der Waals surface area contributed by atoms with Crippen LogP contribution in [0, 0.1) is 5.82 Å². The molecule has 1 saturated heterocycles. The van der Waals surface area contributed by atoms with Crippen molar-refractivity contribution in [2.24, 2.45) is 17.8 Å². The quantitative estimate of drug-likeness (QED) is 0.323. The fourth-order valence-corrected chi connectivity index (χ4v) is 3.60. The molecule has 1 aromatic heterocycles. The third-order valence-corrected chi connectivity index (χ3v) is 5.36. The Bertz CT molecular complexity index is 1030. The number of aryl methyl sites for hydroxylation is 1. The van der Waals surface area contributed by atoms with Gasteiger partial charge in [0.1, 0.15) is 23.9 Å². The summed E-state index contributed by atoms with van der Waals surface area (Å²) in [7, 11) is 3.62. The topological polar surface area (TPSA) is 71.9 Å². The van der Waals surface area contributed by atoms with Crippen LogP contribution in [-0.4, -0.2) is 53.7 Å². The maximum atomic E-state index is 13.1. The first kappa shape index (κ1) is 22.1. The summed E-state index contributed by atoms with van der Waals surface area (Å²) < 4.78 is 20.4. The highest BCUT2D eigenvalue weighted by molar-refractivity contribution is 14.0. The van der Waals surface area contributed by atoms with Crippen LogP contribution in [0.4, 0.5) is 10.1 Å². The minimum atomic E-state index is -0.218. The predicted octanol–water partition coefficient (Wildman–Crippen LogP) is 2.98. The average Bonchev–Trinajstić information content (AvgIpc) is 3.07. The molecule has 4 rings (SSSR count). The van der Waals surface area contributed by atoms with Gasteiger partial charge < -0.3 is 24.8 Å². The number of guanidine groups is 1. The van der Waals surface area contributed by atoms with Crippen molar-refractivity contribution in [2.75, 3.05) is 38.2 Å². The summed E-state index contributed by atoms with van der Waals surface area (Å²) in [5, 5.41) is 0. The largest absolute Gasteiger partial charge is 0.497 e. The van der Waals surface area contributed by atoms with Gasteiger partial charge in [-0.1, -0.05) is 0 Å². The number of benzene rings is 2. The van der Waals surface area contributed by atoms with Crippen molar-refractivity contribution in [1.29, 1.82) is 0 Å². The van der Waals surface area contributed by atoms with E-state index in [1.54, 1.807) is 7.11 Å². The number of halogens is 2. The summed E-state index contributed by atoms with van der Waals surface area (Å²) in [6.07, 6.45) is 0. The number of nitrogens with two attached hydrogens (primary N) is 1. The van der Waals surface area contributed by atoms with Gasteiger partial charge in [0.15, 0.2) is 5.96 Å². The highest BCUT2D eigenvalue weighted by atomic mass is 127. The molecule has 0 amide bonds. The van der Waals surface area contributed by atoms with Crippen LogP contribution < -0.4 is 15.4 Å². The lowest BCUT2D eigenvalue weighted by Gasteiger charge is -2.36. The van der Waals surface area contributed by atoms with Crippen molar-refractivity contribution in [3.8, 4) is 5.75 Å². The number of anilines is 1. The molecule has 2 N–H and O–H groups in total.